The Morgan fingerprint density at radius 3 is 1.56 bits per heavy atom. The summed E-state index contributed by atoms with van der Waals surface area (Å²) in [5.41, 5.74) is 1.27. The predicted octanol–water partition coefficient (Wildman–Crippen LogP) is 6.62. The van der Waals surface area contributed by atoms with E-state index in [9.17, 15) is 9.90 Å². The largest absolute Gasteiger partial charge is 0.507 e. The van der Waals surface area contributed by atoms with Crippen LogP contribution in [0.4, 0.5) is 0 Å². The first-order valence-electron chi connectivity index (χ1n) is 10.9. The number of carbonyl (C=O) groups is 1. The summed E-state index contributed by atoms with van der Waals surface area (Å²) in [6, 6.07) is 7.28. The molecule has 0 spiro atoms. The van der Waals surface area contributed by atoms with Crippen molar-refractivity contribution in [3.63, 3.8) is 0 Å². The van der Waals surface area contributed by atoms with Crippen molar-refractivity contribution in [3.8, 4) is 34.1 Å². The fourth-order valence-electron chi connectivity index (χ4n) is 3.34. The lowest BCUT2D eigenvalue weighted by Gasteiger charge is -2.28. The molecule has 0 saturated heterocycles. The zero-order valence-electron chi connectivity index (χ0n) is 21.4. The van der Waals surface area contributed by atoms with E-state index in [1.807, 2.05) is 74.4 Å². The normalized spacial score (nSPS) is 12.5. The number of phenols is 1. The van der Waals surface area contributed by atoms with E-state index in [4.69, 9.17) is 14.2 Å². The molecule has 0 aliphatic carbocycles. The monoisotopic (exact) mass is 442 g/mol. The zero-order valence-corrected chi connectivity index (χ0v) is 21.4. The molecule has 0 bridgehead atoms. The number of methoxy groups -OCH3 is 2. The second kappa shape index (κ2) is 8.68. The van der Waals surface area contributed by atoms with Gasteiger partial charge in [0, 0.05) is 22.3 Å². The van der Waals surface area contributed by atoms with Crippen molar-refractivity contribution in [2.75, 3.05) is 14.2 Å². The number of esters is 1. The molecule has 32 heavy (non-hydrogen) atoms. The average molecular weight is 443 g/mol. The van der Waals surface area contributed by atoms with E-state index >= 15 is 0 Å². The Balaban J connectivity index is 2.99. The van der Waals surface area contributed by atoms with Gasteiger partial charge in [0.15, 0.2) is 0 Å². The summed E-state index contributed by atoms with van der Waals surface area (Å²) in [4.78, 5) is 12.9. The summed E-state index contributed by atoms with van der Waals surface area (Å²) >= 11 is 0. The molecule has 0 aromatic heterocycles. The summed E-state index contributed by atoms with van der Waals surface area (Å²) in [6.07, 6.45) is 0. The number of aromatic hydroxyl groups is 1. The van der Waals surface area contributed by atoms with Crippen molar-refractivity contribution in [2.24, 2.45) is 5.41 Å². The minimum atomic E-state index is -0.695. The number of ether oxygens (including phenoxy) is 3. The van der Waals surface area contributed by atoms with Gasteiger partial charge in [-0.25, -0.2) is 0 Å². The first-order chi connectivity index (χ1) is 14.5. The van der Waals surface area contributed by atoms with Crippen molar-refractivity contribution in [1.82, 2.24) is 0 Å². The summed E-state index contributed by atoms with van der Waals surface area (Å²) in [5.74, 6) is 1.41. The molecule has 2 aromatic rings. The fraction of sp³-hybridized carbons (Fsp3) is 0.519. The SMILES string of the molecule is COc1cc(-c2cc(OC)cc(C(C)(C)C)c2OC(=O)C(C)(C)C)c(O)c(C(C)(C)C)c1. The van der Waals surface area contributed by atoms with Crippen LogP contribution in [0.3, 0.4) is 0 Å². The highest BCUT2D eigenvalue weighted by molar-refractivity contribution is 5.86. The van der Waals surface area contributed by atoms with E-state index in [1.54, 1.807) is 26.4 Å². The van der Waals surface area contributed by atoms with Gasteiger partial charge in [0.25, 0.3) is 0 Å². The lowest BCUT2D eigenvalue weighted by molar-refractivity contribution is -0.143. The van der Waals surface area contributed by atoms with E-state index in [0.717, 1.165) is 11.1 Å². The Labute approximate surface area is 192 Å². The van der Waals surface area contributed by atoms with Crippen LogP contribution in [0.2, 0.25) is 0 Å². The first-order valence-corrected chi connectivity index (χ1v) is 10.9. The van der Waals surface area contributed by atoms with E-state index in [2.05, 4.69) is 0 Å². The van der Waals surface area contributed by atoms with E-state index in [-0.39, 0.29) is 22.5 Å². The van der Waals surface area contributed by atoms with Gasteiger partial charge in [0.2, 0.25) is 0 Å². The molecule has 0 unspecified atom stereocenters. The smallest absolute Gasteiger partial charge is 0.316 e. The molecular weight excluding hydrogens is 404 g/mol. The molecule has 0 atom stereocenters. The lowest BCUT2D eigenvalue weighted by atomic mass is 9.81. The Morgan fingerprint density at radius 1 is 0.719 bits per heavy atom. The number of hydrogen-bond donors (Lipinski definition) is 1. The van der Waals surface area contributed by atoms with Crippen LogP contribution in [0.15, 0.2) is 24.3 Å². The highest BCUT2D eigenvalue weighted by Gasteiger charge is 2.32. The Hall–Kier alpha value is -2.69. The van der Waals surface area contributed by atoms with Gasteiger partial charge < -0.3 is 19.3 Å². The quantitative estimate of drug-likeness (QED) is 0.426. The van der Waals surface area contributed by atoms with Crippen LogP contribution < -0.4 is 14.2 Å². The molecule has 0 amide bonds. The van der Waals surface area contributed by atoms with Crippen molar-refractivity contribution >= 4 is 5.97 Å². The summed E-state index contributed by atoms with van der Waals surface area (Å²) in [7, 11) is 3.19. The minimum Gasteiger partial charge on any atom is -0.507 e. The van der Waals surface area contributed by atoms with Gasteiger partial charge in [-0.05, 0) is 55.9 Å². The molecular formula is C27H38O5. The maximum Gasteiger partial charge on any atom is 0.316 e. The summed E-state index contributed by atoms with van der Waals surface area (Å²) in [6.45, 7) is 17.7. The number of rotatable bonds is 4. The third-order valence-electron chi connectivity index (χ3n) is 5.33. The van der Waals surface area contributed by atoms with E-state index in [1.165, 1.54) is 0 Å². The van der Waals surface area contributed by atoms with Crippen molar-refractivity contribution in [2.45, 2.75) is 73.1 Å². The molecule has 1 N–H and O–H groups in total. The molecule has 0 aliphatic rings. The lowest BCUT2D eigenvalue weighted by Crippen LogP contribution is -2.27. The Bertz CT molecular complexity index is 999. The Morgan fingerprint density at radius 2 is 1.16 bits per heavy atom. The molecule has 0 heterocycles. The highest BCUT2D eigenvalue weighted by atomic mass is 16.5. The molecule has 2 aromatic carbocycles. The van der Waals surface area contributed by atoms with Crippen LogP contribution in [-0.4, -0.2) is 25.3 Å². The molecule has 2 rings (SSSR count). The Kier molecular flexibility index (Phi) is 6.94. The van der Waals surface area contributed by atoms with Gasteiger partial charge >= 0.3 is 5.97 Å². The number of hydrogen-bond acceptors (Lipinski definition) is 5. The molecule has 0 radical (unpaired) electrons. The van der Waals surface area contributed by atoms with E-state index in [0.29, 0.717) is 28.4 Å². The third kappa shape index (κ3) is 5.37. The van der Waals surface area contributed by atoms with Crippen molar-refractivity contribution in [3.05, 3.63) is 35.4 Å². The van der Waals surface area contributed by atoms with Gasteiger partial charge in [-0.3, -0.25) is 4.79 Å². The van der Waals surface area contributed by atoms with Gasteiger partial charge in [0.1, 0.15) is 23.0 Å². The average Bonchev–Trinajstić information content (AvgIpc) is 2.65. The summed E-state index contributed by atoms with van der Waals surface area (Å²) in [5, 5.41) is 11.3. The van der Waals surface area contributed by atoms with Crippen LogP contribution in [0.25, 0.3) is 11.1 Å². The van der Waals surface area contributed by atoms with E-state index < -0.39 is 5.41 Å². The van der Waals surface area contributed by atoms with Crippen molar-refractivity contribution in [1.29, 1.82) is 0 Å². The topological polar surface area (TPSA) is 65.0 Å². The van der Waals surface area contributed by atoms with Crippen molar-refractivity contribution < 1.29 is 24.1 Å². The van der Waals surface area contributed by atoms with Crippen LogP contribution >= 0.6 is 0 Å². The maximum atomic E-state index is 12.9. The summed E-state index contributed by atoms with van der Waals surface area (Å²) < 4.78 is 17.2. The zero-order chi connectivity index (χ0) is 24.6. The van der Waals surface area contributed by atoms with Crippen LogP contribution in [0, 0.1) is 5.41 Å². The van der Waals surface area contributed by atoms with Gasteiger partial charge in [0.05, 0.1) is 19.6 Å². The second-order valence-corrected chi connectivity index (χ2v) is 11.3. The molecule has 176 valence electrons. The van der Waals surface area contributed by atoms with Crippen LogP contribution in [-0.2, 0) is 15.6 Å². The third-order valence-corrected chi connectivity index (χ3v) is 5.33. The first kappa shape index (κ1) is 25.6. The maximum absolute atomic E-state index is 12.9. The molecule has 0 fully saturated rings. The van der Waals surface area contributed by atoms with Crippen LogP contribution in [0.5, 0.6) is 23.0 Å². The number of phenolic OH excluding ortho intramolecular Hbond substituents is 1. The second-order valence-electron chi connectivity index (χ2n) is 11.3. The minimum absolute atomic E-state index is 0.125. The van der Waals surface area contributed by atoms with Crippen LogP contribution in [0.1, 0.15) is 73.4 Å². The van der Waals surface area contributed by atoms with Gasteiger partial charge in [-0.2, -0.15) is 0 Å². The molecule has 0 saturated carbocycles. The molecule has 0 aliphatic heterocycles. The number of benzene rings is 2. The highest BCUT2D eigenvalue weighted by Crippen LogP contribution is 2.48. The predicted molar refractivity (Wildman–Crippen MR) is 129 cm³/mol. The van der Waals surface area contributed by atoms with Gasteiger partial charge in [-0.15, -0.1) is 0 Å². The van der Waals surface area contributed by atoms with Gasteiger partial charge in [-0.1, -0.05) is 41.5 Å². The molecule has 5 heteroatoms. The standard InChI is InChI=1S/C27H38O5/c1-25(2,3)20-14-16(30-10)12-18(22(20)28)19-13-17(31-11)15-21(26(4,5)6)23(19)32-24(29)27(7,8)9/h12-15,28H,1-11H3. The number of carbonyl (C=O) groups excluding carboxylic acids is 1. The fourth-order valence-corrected chi connectivity index (χ4v) is 3.34. The molecule has 5 nitrogen and oxygen atoms in total.